The maximum absolute atomic E-state index is 11.2. The Morgan fingerprint density at radius 2 is 0.710 bits per heavy atom. The number of nitrogens with zero attached hydrogens (tertiary/aromatic N) is 5. The SMILES string of the molecule is CCN(C(C)C)C(C)C.CCN(C(C)C)C(C)C.O=C(COCCOCCO)ON1C(=O)CCC1=O.O=C(COCCOCCO)ON1C(=O)CCC1=O.O=C(O)CNC(=O)COCCOCCO.O=C(O)COCCOCCO.O=C1CCC(=O)N1O.[NH3+]CC(=O)[O-]. The third-order valence-corrected chi connectivity index (χ3v) is 10.8. The van der Waals surface area contributed by atoms with Crippen molar-refractivity contribution in [2.75, 3.05) is 158 Å². The molecule has 3 aliphatic heterocycles. The summed E-state index contributed by atoms with van der Waals surface area (Å²) < 4.78 is 38.7. The number of amides is 7. The molecule has 37 heteroatoms. The second-order valence-electron chi connectivity index (χ2n) is 19.5. The van der Waals surface area contributed by atoms with Crippen LogP contribution in [0.1, 0.15) is 108 Å². The van der Waals surface area contributed by atoms with Crippen LogP contribution < -0.4 is 16.2 Å². The summed E-state index contributed by atoms with van der Waals surface area (Å²) in [4.78, 5) is 141. The Morgan fingerprint density at radius 3 is 0.914 bits per heavy atom. The highest BCUT2D eigenvalue weighted by Crippen LogP contribution is 2.13. The lowest BCUT2D eigenvalue weighted by Crippen LogP contribution is -2.58. The van der Waals surface area contributed by atoms with Crippen LogP contribution in [0.3, 0.4) is 0 Å². The number of imide groups is 3. The fourth-order valence-corrected chi connectivity index (χ4v) is 6.79. The van der Waals surface area contributed by atoms with Crippen LogP contribution in [0.15, 0.2) is 0 Å². The zero-order valence-corrected chi connectivity index (χ0v) is 55.5. The van der Waals surface area contributed by atoms with Crippen LogP contribution >= 0.6 is 0 Å². The number of hydrogen-bond acceptors (Lipinski definition) is 30. The van der Waals surface area contributed by atoms with Gasteiger partial charge in [0.25, 0.3) is 35.4 Å². The van der Waals surface area contributed by atoms with Gasteiger partial charge in [0.15, 0.2) is 0 Å². The molecule has 93 heavy (non-hydrogen) atoms. The van der Waals surface area contributed by atoms with Gasteiger partial charge in [-0.25, -0.2) is 14.4 Å². The average molecular weight is 1360 g/mol. The van der Waals surface area contributed by atoms with Gasteiger partial charge in [-0.1, -0.05) is 13.8 Å². The van der Waals surface area contributed by atoms with Gasteiger partial charge in [-0.15, -0.1) is 10.1 Å². The molecule has 7 amide bonds. The molecule has 0 atom stereocenters. The predicted octanol–water partition coefficient (Wildman–Crippen LogP) is -4.70. The minimum absolute atomic E-state index is 0.0288. The van der Waals surface area contributed by atoms with Crippen molar-refractivity contribution in [2.24, 2.45) is 0 Å². The fraction of sp³-hybridized carbons (Fsp3) is 0.786. The molecule has 3 fully saturated rings. The van der Waals surface area contributed by atoms with Crippen molar-refractivity contribution in [2.45, 2.75) is 132 Å². The average Bonchev–Trinajstić information content (AvgIpc) is 2.04. The minimum atomic E-state index is -1.11. The molecule has 0 saturated carbocycles. The van der Waals surface area contributed by atoms with Crippen LogP contribution in [-0.2, 0) is 105 Å². The quantitative estimate of drug-likeness (QED) is 0.0159. The van der Waals surface area contributed by atoms with Crippen LogP contribution in [-0.4, -0.2) is 315 Å². The van der Waals surface area contributed by atoms with Crippen molar-refractivity contribution in [1.82, 2.24) is 30.3 Å². The third-order valence-electron chi connectivity index (χ3n) is 10.8. The van der Waals surface area contributed by atoms with Gasteiger partial charge < -0.3 is 99.2 Å². The lowest BCUT2D eigenvalue weighted by Gasteiger charge is -2.28. The molecule has 0 aliphatic carbocycles. The van der Waals surface area contributed by atoms with Crippen LogP contribution in [0.2, 0.25) is 0 Å². The number of carbonyl (C=O) groups excluding carboxylic acids is 10. The van der Waals surface area contributed by atoms with E-state index < -0.39 is 77.7 Å². The molecule has 3 aliphatic rings. The first-order chi connectivity index (χ1) is 43.9. The van der Waals surface area contributed by atoms with Crippen molar-refractivity contribution in [3.05, 3.63) is 0 Å². The zero-order valence-electron chi connectivity index (χ0n) is 55.5. The van der Waals surface area contributed by atoms with E-state index in [1.807, 2.05) is 0 Å². The van der Waals surface area contributed by atoms with Gasteiger partial charge in [-0.2, -0.15) is 5.06 Å². The Bertz CT molecular complexity index is 1910. The summed E-state index contributed by atoms with van der Waals surface area (Å²) in [5, 5.41) is 70.6. The Hall–Kier alpha value is -6.40. The maximum atomic E-state index is 11.2. The number of ether oxygens (including phenoxy) is 8. The van der Waals surface area contributed by atoms with Crippen LogP contribution in [0, 0.1) is 0 Å². The molecule has 11 N–H and O–H groups in total. The molecule has 0 radical (unpaired) electrons. The van der Waals surface area contributed by atoms with Gasteiger partial charge in [-0.3, -0.25) is 53.4 Å². The van der Waals surface area contributed by atoms with E-state index in [2.05, 4.69) is 104 Å². The number of aliphatic carboxylic acids is 3. The number of carboxylic acids is 3. The van der Waals surface area contributed by atoms with E-state index in [9.17, 15) is 62.6 Å². The lowest BCUT2D eigenvalue weighted by atomic mass is 10.2. The van der Waals surface area contributed by atoms with Crippen molar-refractivity contribution < 1.29 is 152 Å². The second-order valence-corrected chi connectivity index (χ2v) is 19.5. The zero-order chi connectivity index (χ0) is 72.1. The smallest absolute Gasteiger partial charge is 0.358 e. The van der Waals surface area contributed by atoms with Crippen molar-refractivity contribution >= 4 is 71.2 Å². The number of carboxylic acid groups (broad SMARTS) is 3. The van der Waals surface area contributed by atoms with Gasteiger partial charge >= 0.3 is 23.9 Å². The topological polar surface area (TPSA) is 518 Å². The van der Waals surface area contributed by atoms with Crippen molar-refractivity contribution in [3.63, 3.8) is 0 Å². The summed E-state index contributed by atoms with van der Waals surface area (Å²) in [6.45, 7) is 25.3. The molecule has 544 valence electrons. The largest absolute Gasteiger partial charge is 0.544 e. The summed E-state index contributed by atoms with van der Waals surface area (Å²) >= 11 is 0. The van der Waals surface area contributed by atoms with Gasteiger partial charge in [0.2, 0.25) is 5.91 Å². The Labute approximate surface area is 542 Å². The van der Waals surface area contributed by atoms with Crippen molar-refractivity contribution in [1.29, 1.82) is 0 Å². The molecule has 0 spiro atoms. The van der Waals surface area contributed by atoms with E-state index in [-0.39, 0.29) is 176 Å². The summed E-state index contributed by atoms with van der Waals surface area (Å²) in [5.74, 6) is -8.45. The van der Waals surface area contributed by atoms with Crippen LogP contribution in [0.25, 0.3) is 0 Å². The highest BCUT2D eigenvalue weighted by molar-refractivity contribution is 6.02. The van der Waals surface area contributed by atoms with Gasteiger partial charge in [-0.05, 0) is 68.5 Å². The summed E-state index contributed by atoms with van der Waals surface area (Å²) in [6, 6.07) is 2.76. The van der Waals surface area contributed by atoms with Crippen molar-refractivity contribution in [3.8, 4) is 0 Å². The highest BCUT2D eigenvalue weighted by atomic mass is 16.7. The normalized spacial score (nSPS) is 13.2. The molecular formula is C56H105N7O30. The van der Waals surface area contributed by atoms with Crippen LogP contribution in [0.4, 0.5) is 0 Å². The van der Waals surface area contributed by atoms with E-state index >= 15 is 0 Å². The number of quaternary nitrogens is 1. The molecule has 0 aromatic rings. The Kier molecular flexibility index (Phi) is 65.9. The molecule has 3 heterocycles. The number of aliphatic hydroxyl groups excluding tert-OH is 4. The minimum Gasteiger partial charge on any atom is -0.544 e. The molecule has 0 unspecified atom stereocenters. The summed E-state index contributed by atoms with van der Waals surface area (Å²) in [5.41, 5.74) is 3.02. The van der Waals surface area contributed by atoms with Gasteiger partial charge in [0, 0.05) is 62.7 Å². The molecule has 0 aromatic heterocycles. The standard InChI is InChI=1S/2C10H15NO7.C8H15NO6.2C8H19N.C6H12O5.C4H5NO3.C2H5NO2/c2*12-3-4-16-5-6-17-7-10(15)18-11-8(13)1-2-9(11)14;10-1-2-14-3-4-15-6-7(11)9-5-8(12)13;2*1-6-9(7(2)3)8(4)5;7-1-2-10-3-4-11-5-6(8)9;6-3-1-2-4(7)5(3)8;3-1-2(4)5/h2*12H,1-7H2;10H,1-6H2,(H,9,11)(H,12,13);2*7-8H,6H2,1-5H3;7H,1-5H2,(H,8,9);8H,1-2H2;1,3H2,(H,4,5). The number of nitrogens with one attached hydrogen (secondary N) is 1. The molecule has 0 aromatic carbocycles. The highest BCUT2D eigenvalue weighted by Gasteiger charge is 2.34. The first-order valence-corrected chi connectivity index (χ1v) is 29.8. The molecular weight excluding hydrogens is 1250 g/mol. The van der Waals surface area contributed by atoms with E-state index in [0.717, 1.165) is 13.1 Å². The van der Waals surface area contributed by atoms with Crippen LogP contribution in [0.5, 0.6) is 0 Å². The molecule has 0 bridgehead atoms. The number of carbonyl (C=O) groups is 12. The summed E-state index contributed by atoms with van der Waals surface area (Å²) in [7, 11) is 0. The van der Waals surface area contributed by atoms with E-state index in [0.29, 0.717) is 40.9 Å². The Morgan fingerprint density at radius 1 is 0.452 bits per heavy atom. The first-order valence-electron chi connectivity index (χ1n) is 29.8. The number of hydrogen-bond donors (Lipinski definition) is 9. The number of hydroxylamine groups is 6. The molecule has 37 nitrogen and oxygen atoms in total. The number of aliphatic hydroxyl groups is 4. The maximum Gasteiger partial charge on any atom is 0.358 e. The fourth-order valence-electron chi connectivity index (χ4n) is 6.79. The summed E-state index contributed by atoms with van der Waals surface area (Å²) in [6.07, 6.45) is 0.526. The first kappa shape index (κ1) is 95.3. The molecule has 3 rings (SSSR count). The number of rotatable bonds is 39. The third kappa shape index (κ3) is 60.3. The monoisotopic (exact) mass is 1360 g/mol. The van der Waals surface area contributed by atoms with E-state index in [4.69, 9.17) is 69.0 Å². The second kappa shape index (κ2) is 64.3. The van der Waals surface area contributed by atoms with Gasteiger partial charge in [0.1, 0.15) is 39.5 Å². The van der Waals surface area contributed by atoms with E-state index in [1.165, 1.54) is 0 Å². The van der Waals surface area contributed by atoms with E-state index in [1.54, 1.807) is 0 Å². The lowest BCUT2D eigenvalue weighted by molar-refractivity contribution is -0.396. The van der Waals surface area contributed by atoms with Gasteiger partial charge in [0.05, 0.1) is 112 Å². The molecule has 3 saturated heterocycles. The Balaban J connectivity index is -0.000000326. The predicted molar refractivity (Wildman–Crippen MR) is 318 cm³/mol.